The van der Waals surface area contributed by atoms with Gasteiger partial charge in [-0.15, -0.1) is 11.8 Å². The second kappa shape index (κ2) is 7.25. The SMILES string of the molecule is CCC(CC)(CNC(=O)c1ccc2c(c1)NC(=O)C(C)S2)C(=O)O. The molecule has 1 aromatic carbocycles. The fourth-order valence-corrected chi connectivity index (χ4v) is 3.51. The monoisotopic (exact) mass is 350 g/mol. The quantitative estimate of drug-likeness (QED) is 0.733. The van der Waals surface area contributed by atoms with Gasteiger partial charge in [0.25, 0.3) is 5.91 Å². The van der Waals surface area contributed by atoms with Crippen molar-refractivity contribution in [2.75, 3.05) is 11.9 Å². The summed E-state index contributed by atoms with van der Waals surface area (Å²) in [6, 6.07) is 5.11. The number of thioether (sulfide) groups is 1. The average molecular weight is 350 g/mol. The molecule has 0 spiro atoms. The van der Waals surface area contributed by atoms with Gasteiger partial charge in [-0.25, -0.2) is 0 Å². The molecule has 1 aromatic rings. The van der Waals surface area contributed by atoms with Crippen LogP contribution >= 0.6 is 11.8 Å². The molecule has 1 unspecified atom stereocenters. The van der Waals surface area contributed by atoms with Crippen LogP contribution in [0.1, 0.15) is 44.0 Å². The Labute approximate surface area is 145 Å². The van der Waals surface area contributed by atoms with Gasteiger partial charge in [-0.3, -0.25) is 14.4 Å². The molecule has 0 saturated heterocycles. The molecule has 0 aromatic heterocycles. The predicted octanol–water partition coefficient (Wildman–Crippen LogP) is 2.74. The van der Waals surface area contributed by atoms with Gasteiger partial charge in [0.2, 0.25) is 5.91 Å². The van der Waals surface area contributed by atoms with Crippen molar-refractivity contribution in [3.63, 3.8) is 0 Å². The van der Waals surface area contributed by atoms with Crippen LogP contribution < -0.4 is 10.6 Å². The molecule has 1 aliphatic heterocycles. The number of rotatable bonds is 6. The Morgan fingerprint density at radius 2 is 2.00 bits per heavy atom. The van der Waals surface area contributed by atoms with E-state index >= 15 is 0 Å². The van der Waals surface area contributed by atoms with E-state index in [4.69, 9.17) is 0 Å². The summed E-state index contributed by atoms with van der Waals surface area (Å²) < 4.78 is 0. The van der Waals surface area contributed by atoms with Crippen LogP contribution in [0.2, 0.25) is 0 Å². The number of anilines is 1. The molecule has 7 heteroatoms. The first-order valence-electron chi connectivity index (χ1n) is 7.96. The minimum atomic E-state index is -0.955. The summed E-state index contributed by atoms with van der Waals surface area (Å²) >= 11 is 1.45. The highest BCUT2D eigenvalue weighted by Gasteiger charge is 2.35. The van der Waals surface area contributed by atoms with E-state index in [-0.39, 0.29) is 23.6 Å². The zero-order valence-electron chi connectivity index (χ0n) is 14.0. The molecular weight excluding hydrogens is 328 g/mol. The van der Waals surface area contributed by atoms with Crippen molar-refractivity contribution in [2.24, 2.45) is 5.41 Å². The number of carboxylic acid groups (broad SMARTS) is 1. The van der Waals surface area contributed by atoms with Gasteiger partial charge in [0, 0.05) is 17.0 Å². The number of hydrogen-bond acceptors (Lipinski definition) is 4. The largest absolute Gasteiger partial charge is 0.481 e. The van der Waals surface area contributed by atoms with Crippen LogP contribution in [0, 0.1) is 5.41 Å². The van der Waals surface area contributed by atoms with Crippen LogP contribution in [0.5, 0.6) is 0 Å². The lowest BCUT2D eigenvalue weighted by Gasteiger charge is -2.27. The van der Waals surface area contributed by atoms with Gasteiger partial charge >= 0.3 is 5.97 Å². The lowest BCUT2D eigenvalue weighted by Crippen LogP contribution is -2.42. The summed E-state index contributed by atoms with van der Waals surface area (Å²) in [5, 5.41) is 14.7. The highest BCUT2D eigenvalue weighted by Crippen LogP contribution is 2.36. The van der Waals surface area contributed by atoms with E-state index < -0.39 is 11.4 Å². The maximum absolute atomic E-state index is 12.4. The van der Waals surface area contributed by atoms with Crippen molar-refractivity contribution < 1.29 is 19.5 Å². The summed E-state index contributed by atoms with van der Waals surface area (Å²) in [5.74, 6) is -1.34. The molecule has 24 heavy (non-hydrogen) atoms. The maximum Gasteiger partial charge on any atom is 0.311 e. The van der Waals surface area contributed by atoms with Crippen LogP contribution in [-0.4, -0.2) is 34.7 Å². The third-order valence-corrected chi connectivity index (χ3v) is 5.74. The minimum absolute atomic E-state index is 0.0728. The standard InChI is InChI=1S/C17H22N2O4S/c1-4-17(5-2,16(22)23)9-18-15(21)11-6-7-13-12(8-11)19-14(20)10(3)24-13/h6-8,10H,4-5,9H2,1-3H3,(H,18,21)(H,19,20)(H,22,23). The van der Waals surface area contributed by atoms with Crippen molar-refractivity contribution in [2.45, 2.75) is 43.8 Å². The Hall–Kier alpha value is -2.02. The lowest BCUT2D eigenvalue weighted by atomic mass is 9.82. The molecule has 0 radical (unpaired) electrons. The topological polar surface area (TPSA) is 95.5 Å². The van der Waals surface area contributed by atoms with Gasteiger partial charge in [-0.05, 0) is 38.0 Å². The molecule has 2 amide bonds. The molecule has 1 aliphatic rings. The van der Waals surface area contributed by atoms with Crippen LogP contribution in [0.4, 0.5) is 5.69 Å². The molecule has 1 atom stereocenters. The third-order valence-electron chi connectivity index (χ3n) is 4.57. The Bertz CT molecular complexity index is 671. The zero-order chi connectivity index (χ0) is 17.9. The Morgan fingerprint density at radius 3 is 2.58 bits per heavy atom. The molecule has 0 saturated carbocycles. The third kappa shape index (κ3) is 3.56. The number of benzene rings is 1. The van der Waals surface area contributed by atoms with E-state index in [1.165, 1.54) is 11.8 Å². The molecule has 3 N–H and O–H groups in total. The summed E-state index contributed by atoms with van der Waals surface area (Å²) in [7, 11) is 0. The van der Waals surface area contributed by atoms with Crippen molar-refractivity contribution in [1.29, 1.82) is 0 Å². The van der Waals surface area contributed by atoms with Crippen molar-refractivity contribution in [1.82, 2.24) is 5.32 Å². The number of carbonyl (C=O) groups excluding carboxylic acids is 2. The number of nitrogens with one attached hydrogen (secondary N) is 2. The number of hydrogen-bond donors (Lipinski definition) is 3. The summed E-state index contributed by atoms with van der Waals surface area (Å²) in [6.07, 6.45) is 0.877. The molecular formula is C17H22N2O4S. The number of aliphatic carboxylic acids is 1. The molecule has 0 bridgehead atoms. The summed E-state index contributed by atoms with van der Waals surface area (Å²) in [5.41, 5.74) is 0.0607. The van der Waals surface area contributed by atoms with Gasteiger partial charge in [-0.1, -0.05) is 13.8 Å². The van der Waals surface area contributed by atoms with E-state index in [9.17, 15) is 19.5 Å². The second-order valence-electron chi connectivity index (χ2n) is 5.94. The highest BCUT2D eigenvalue weighted by atomic mass is 32.2. The highest BCUT2D eigenvalue weighted by molar-refractivity contribution is 8.00. The van der Waals surface area contributed by atoms with Crippen LogP contribution in [0.3, 0.4) is 0 Å². The summed E-state index contributed by atoms with van der Waals surface area (Å²) in [4.78, 5) is 36.5. The maximum atomic E-state index is 12.4. The Balaban J connectivity index is 2.12. The van der Waals surface area contributed by atoms with E-state index in [1.807, 2.05) is 6.92 Å². The minimum Gasteiger partial charge on any atom is -0.481 e. The van der Waals surface area contributed by atoms with Gasteiger partial charge in [0.05, 0.1) is 16.4 Å². The fourth-order valence-electron chi connectivity index (χ4n) is 2.58. The first-order valence-corrected chi connectivity index (χ1v) is 8.84. The molecule has 2 rings (SSSR count). The average Bonchev–Trinajstić information content (AvgIpc) is 2.56. The zero-order valence-corrected chi connectivity index (χ0v) is 14.8. The van der Waals surface area contributed by atoms with Crippen molar-refractivity contribution >= 4 is 35.2 Å². The number of carbonyl (C=O) groups is 3. The molecule has 6 nitrogen and oxygen atoms in total. The predicted molar refractivity (Wildman–Crippen MR) is 93.4 cm³/mol. The fraction of sp³-hybridized carbons (Fsp3) is 0.471. The van der Waals surface area contributed by atoms with Crippen LogP contribution in [0.15, 0.2) is 23.1 Å². The van der Waals surface area contributed by atoms with Crippen molar-refractivity contribution in [3.05, 3.63) is 23.8 Å². The number of amides is 2. The normalized spacial score (nSPS) is 17.0. The van der Waals surface area contributed by atoms with Crippen LogP contribution in [-0.2, 0) is 9.59 Å². The molecule has 0 fully saturated rings. The lowest BCUT2D eigenvalue weighted by molar-refractivity contribution is -0.149. The van der Waals surface area contributed by atoms with Crippen molar-refractivity contribution in [3.8, 4) is 0 Å². The second-order valence-corrected chi connectivity index (χ2v) is 7.32. The van der Waals surface area contributed by atoms with Gasteiger partial charge in [-0.2, -0.15) is 0 Å². The molecule has 1 heterocycles. The molecule has 130 valence electrons. The first-order chi connectivity index (χ1) is 11.3. The van der Waals surface area contributed by atoms with E-state index in [0.717, 1.165) is 4.90 Å². The smallest absolute Gasteiger partial charge is 0.311 e. The molecule has 0 aliphatic carbocycles. The van der Waals surface area contributed by atoms with E-state index in [0.29, 0.717) is 24.1 Å². The van der Waals surface area contributed by atoms with Gasteiger partial charge in [0.15, 0.2) is 0 Å². The Morgan fingerprint density at radius 1 is 1.33 bits per heavy atom. The van der Waals surface area contributed by atoms with E-state index in [2.05, 4.69) is 10.6 Å². The number of carboxylic acids is 1. The van der Waals surface area contributed by atoms with Crippen LogP contribution in [0.25, 0.3) is 0 Å². The number of fused-ring (bicyclic) bond motifs is 1. The summed E-state index contributed by atoms with van der Waals surface area (Å²) in [6.45, 7) is 5.50. The van der Waals surface area contributed by atoms with Gasteiger partial charge < -0.3 is 15.7 Å². The Kier molecular flexibility index (Phi) is 5.54. The van der Waals surface area contributed by atoms with Gasteiger partial charge in [0.1, 0.15) is 0 Å². The van der Waals surface area contributed by atoms with E-state index in [1.54, 1.807) is 32.0 Å². The first kappa shape index (κ1) is 18.3.